The Morgan fingerprint density at radius 1 is 1.50 bits per heavy atom. The number of phenols is 1. The summed E-state index contributed by atoms with van der Waals surface area (Å²) < 4.78 is 4.97. The molecule has 5 heteroatoms. The quantitative estimate of drug-likeness (QED) is 0.809. The van der Waals surface area contributed by atoms with E-state index in [1.165, 1.54) is 12.1 Å². The molecule has 0 atom stereocenters. The minimum atomic E-state index is -0.579. The van der Waals surface area contributed by atoms with Crippen molar-refractivity contribution in [1.82, 2.24) is 0 Å². The normalized spacial score (nSPS) is 11.3. The van der Waals surface area contributed by atoms with Crippen LogP contribution in [0.2, 0.25) is 5.02 Å². The average molecular weight is 272 g/mol. The molecule has 18 heavy (non-hydrogen) atoms. The number of anilines is 1. The molecular weight excluding hydrogens is 254 g/mol. The van der Waals surface area contributed by atoms with E-state index >= 15 is 0 Å². The summed E-state index contributed by atoms with van der Waals surface area (Å²) in [5, 5.41) is 12.8. The zero-order chi connectivity index (χ0) is 13.8. The Bertz CT molecular complexity index is 432. The number of nitrogens with one attached hydrogen (secondary N) is 1. The van der Waals surface area contributed by atoms with Gasteiger partial charge in [0.1, 0.15) is 5.75 Å². The van der Waals surface area contributed by atoms with Gasteiger partial charge < -0.3 is 15.2 Å². The number of phenolic OH excluding ortho intramolecular Hbond substituents is 1. The molecule has 2 N–H and O–H groups in total. The lowest BCUT2D eigenvalue weighted by Gasteiger charge is -2.23. The van der Waals surface area contributed by atoms with Crippen LogP contribution in [0.3, 0.4) is 0 Å². The van der Waals surface area contributed by atoms with Crippen molar-refractivity contribution in [2.24, 2.45) is 5.41 Å². The van der Waals surface area contributed by atoms with Gasteiger partial charge in [0.05, 0.1) is 5.69 Å². The lowest BCUT2D eigenvalue weighted by Crippen LogP contribution is -2.31. The van der Waals surface area contributed by atoms with Crippen molar-refractivity contribution >= 4 is 23.2 Å². The molecular formula is C13H18ClNO3. The number of carbonyl (C=O) groups excluding carboxylic acids is 1. The Labute approximate surface area is 112 Å². The fourth-order valence-corrected chi connectivity index (χ4v) is 1.54. The minimum Gasteiger partial charge on any atom is -0.506 e. The first-order chi connectivity index (χ1) is 8.36. The van der Waals surface area contributed by atoms with Gasteiger partial charge in [-0.3, -0.25) is 4.79 Å². The number of amides is 1. The Morgan fingerprint density at radius 2 is 2.17 bits per heavy atom. The summed E-state index contributed by atoms with van der Waals surface area (Å²) in [7, 11) is 1.59. The maximum atomic E-state index is 12.1. The van der Waals surface area contributed by atoms with Gasteiger partial charge in [-0.25, -0.2) is 0 Å². The zero-order valence-corrected chi connectivity index (χ0v) is 11.5. The summed E-state index contributed by atoms with van der Waals surface area (Å²) in [6.07, 6.45) is 0.594. The molecule has 100 valence electrons. The molecule has 0 spiro atoms. The highest BCUT2D eigenvalue weighted by molar-refractivity contribution is 6.31. The van der Waals surface area contributed by atoms with Crippen molar-refractivity contribution in [3.8, 4) is 5.75 Å². The molecule has 0 bridgehead atoms. The highest BCUT2D eigenvalue weighted by Gasteiger charge is 2.27. The van der Waals surface area contributed by atoms with Gasteiger partial charge in [-0.1, -0.05) is 25.4 Å². The van der Waals surface area contributed by atoms with Crippen LogP contribution in [0.5, 0.6) is 5.75 Å². The maximum Gasteiger partial charge on any atom is 0.230 e. The molecule has 0 fully saturated rings. The number of hydrogen-bond donors (Lipinski definition) is 2. The van der Waals surface area contributed by atoms with Crippen LogP contribution < -0.4 is 5.32 Å². The van der Waals surface area contributed by atoms with Gasteiger partial charge in [0.15, 0.2) is 0 Å². The van der Waals surface area contributed by atoms with Crippen LogP contribution in [0.25, 0.3) is 0 Å². The second kappa shape index (κ2) is 6.07. The van der Waals surface area contributed by atoms with E-state index in [1.54, 1.807) is 13.2 Å². The highest BCUT2D eigenvalue weighted by Crippen LogP contribution is 2.29. The first kappa shape index (κ1) is 14.8. The molecule has 1 amide bonds. The molecule has 0 aliphatic carbocycles. The minimum absolute atomic E-state index is 0.00436. The van der Waals surface area contributed by atoms with E-state index in [9.17, 15) is 9.90 Å². The van der Waals surface area contributed by atoms with E-state index in [4.69, 9.17) is 16.3 Å². The number of rotatable bonds is 5. The number of carbonyl (C=O) groups is 1. The molecule has 0 heterocycles. The van der Waals surface area contributed by atoms with Crippen molar-refractivity contribution < 1.29 is 14.6 Å². The van der Waals surface area contributed by atoms with Crippen LogP contribution in [0.1, 0.15) is 20.3 Å². The van der Waals surface area contributed by atoms with E-state index < -0.39 is 5.41 Å². The predicted molar refractivity (Wildman–Crippen MR) is 72.0 cm³/mol. The van der Waals surface area contributed by atoms with Gasteiger partial charge in [0, 0.05) is 24.2 Å². The van der Waals surface area contributed by atoms with Crippen LogP contribution >= 0.6 is 11.6 Å². The Kier molecular flexibility index (Phi) is 4.99. The van der Waals surface area contributed by atoms with Crippen molar-refractivity contribution in [3.63, 3.8) is 0 Å². The maximum absolute atomic E-state index is 12.1. The highest BCUT2D eigenvalue weighted by atomic mass is 35.5. The van der Waals surface area contributed by atoms with E-state index in [0.29, 0.717) is 23.7 Å². The van der Waals surface area contributed by atoms with Crippen LogP contribution in [0.15, 0.2) is 18.2 Å². The van der Waals surface area contributed by atoms with Crippen molar-refractivity contribution in [3.05, 3.63) is 23.2 Å². The third kappa shape index (κ3) is 3.89. The second-order valence-corrected chi connectivity index (χ2v) is 5.18. The lowest BCUT2D eigenvalue weighted by molar-refractivity contribution is -0.124. The molecule has 4 nitrogen and oxygen atoms in total. The zero-order valence-electron chi connectivity index (χ0n) is 10.8. The Morgan fingerprint density at radius 3 is 2.78 bits per heavy atom. The van der Waals surface area contributed by atoms with Crippen LogP contribution in [-0.2, 0) is 9.53 Å². The van der Waals surface area contributed by atoms with Gasteiger partial charge in [-0.2, -0.15) is 0 Å². The first-order valence-corrected chi connectivity index (χ1v) is 6.03. The number of halogens is 1. The second-order valence-electron chi connectivity index (χ2n) is 4.74. The number of benzene rings is 1. The number of ether oxygens (including phenoxy) is 1. The van der Waals surface area contributed by atoms with E-state index in [0.717, 1.165) is 0 Å². The summed E-state index contributed by atoms with van der Waals surface area (Å²) in [6, 6.07) is 4.52. The van der Waals surface area contributed by atoms with Gasteiger partial charge in [-0.15, -0.1) is 0 Å². The summed E-state index contributed by atoms with van der Waals surface area (Å²) in [4.78, 5) is 12.1. The SMILES string of the molecule is COCCC(C)(C)C(=O)Nc1cc(Cl)ccc1O. The molecule has 0 aromatic heterocycles. The molecule has 0 aliphatic heterocycles. The van der Waals surface area contributed by atoms with Gasteiger partial charge >= 0.3 is 0 Å². The molecule has 0 saturated carbocycles. The summed E-state index contributed by atoms with van der Waals surface area (Å²) in [5.41, 5.74) is -0.261. The summed E-state index contributed by atoms with van der Waals surface area (Å²) in [6.45, 7) is 4.15. The van der Waals surface area contributed by atoms with Crippen LogP contribution in [-0.4, -0.2) is 24.7 Å². The standard InChI is InChI=1S/C13H18ClNO3/c1-13(2,6-7-18-3)12(17)15-10-8-9(14)4-5-11(10)16/h4-5,8,16H,6-7H2,1-3H3,(H,15,17). The average Bonchev–Trinajstić information content (AvgIpc) is 2.31. The largest absolute Gasteiger partial charge is 0.506 e. The number of methoxy groups -OCH3 is 1. The molecule has 1 rings (SSSR count). The Balaban J connectivity index is 2.77. The Hall–Kier alpha value is -1.26. The smallest absolute Gasteiger partial charge is 0.230 e. The van der Waals surface area contributed by atoms with Gasteiger partial charge in [0.25, 0.3) is 0 Å². The van der Waals surface area contributed by atoms with Gasteiger partial charge in [0.2, 0.25) is 5.91 Å². The third-order valence-corrected chi connectivity index (χ3v) is 2.99. The molecule has 0 radical (unpaired) electrons. The first-order valence-electron chi connectivity index (χ1n) is 5.66. The fourth-order valence-electron chi connectivity index (χ4n) is 1.37. The molecule has 0 aliphatic rings. The monoisotopic (exact) mass is 271 g/mol. The van der Waals surface area contributed by atoms with Crippen molar-refractivity contribution in [2.75, 3.05) is 19.0 Å². The summed E-state index contributed by atoms with van der Waals surface area (Å²) in [5.74, 6) is -0.188. The van der Waals surface area contributed by atoms with E-state index in [2.05, 4.69) is 5.32 Å². The van der Waals surface area contributed by atoms with Crippen molar-refractivity contribution in [2.45, 2.75) is 20.3 Å². The van der Waals surface area contributed by atoms with Crippen LogP contribution in [0.4, 0.5) is 5.69 Å². The molecule has 1 aromatic carbocycles. The molecule has 1 aromatic rings. The fraction of sp³-hybridized carbons (Fsp3) is 0.462. The van der Waals surface area contributed by atoms with Gasteiger partial charge in [-0.05, 0) is 24.6 Å². The third-order valence-electron chi connectivity index (χ3n) is 2.75. The lowest BCUT2D eigenvalue weighted by atomic mass is 9.88. The topological polar surface area (TPSA) is 58.6 Å². The van der Waals surface area contributed by atoms with Crippen LogP contribution in [0, 0.1) is 5.41 Å². The molecule has 0 unspecified atom stereocenters. The summed E-state index contributed by atoms with van der Waals surface area (Å²) >= 11 is 5.82. The van der Waals surface area contributed by atoms with E-state index in [1.807, 2.05) is 13.8 Å². The predicted octanol–water partition coefficient (Wildman–Crippen LogP) is 3.05. The number of aromatic hydroxyl groups is 1. The molecule has 0 saturated heterocycles. The van der Waals surface area contributed by atoms with E-state index in [-0.39, 0.29) is 11.7 Å². The van der Waals surface area contributed by atoms with Crippen molar-refractivity contribution in [1.29, 1.82) is 0 Å². The number of hydrogen-bond acceptors (Lipinski definition) is 3.